The maximum atomic E-state index is 11.9. The van der Waals surface area contributed by atoms with Gasteiger partial charge in [-0.1, -0.05) is 0 Å². The van der Waals surface area contributed by atoms with Crippen LogP contribution in [0.2, 0.25) is 0 Å². The van der Waals surface area contributed by atoms with Gasteiger partial charge >= 0.3 is 5.97 Å². The summed E-state index contributed by atoms with van der Waals surface area (Å²) < 4.78 is 39.1. The zero-order valence-electron chi connectivity index (χ0n) is 9.30. The Morgan fingerprint density at radius 1 is 1.44 bits per heavy atom. The van der Waals surface area contributed by atoms with Crippen LogP contribution in [0.25, 0.3) is 0 Å². The third kappa shape index (κ3) is 3.67. The molecule has 1 rings (SSSR count). The number of hydrogen-bond donors (Lipinski definition) is 2. The molecule has 8 heteroatoms. The first-order chi connectivity index (χ1) is 8.36. The van der Waals surface area contributed by atoms with Gasteiger partial charge in [0.15, 0.2) is 0 Å². The molecule has 0 radical (unpaired) electrons. The highest BCUT2D eigenvalue weighted by Crippen LogP contribution is 2.22. The maximum absolute atomic E-state index is 11.9. The third-order valence-electron chi connectivity index (χ3n) is 2.05. The van der Waals surface area contributed by atoms with Gasteiger partial charge < -0.3 is 9.84 Å². The van der Waals surface area contributed by atoms with Crippen molar-refractivity contribution in [2.45, 2.75) is 11.3 Å². The summed E-state index contributed by atoms with van der Waals surface area (Å²) in [6.45, 7) is -0.580. The van der Waals surface area contributed by atoms with E-state index in [-0.39, 0.29) is 29.2 Å². The predicted molar refractivity (Wildman–Crippen MR) is 60.9 cm³/mol. The number of halogens is 1. The van der Waals surface area contributed by atoms with E-state index in [4.69, 9.17) is 15.0 Å². The van der Waals surface area contributed by atoms with Gasteiger partial charge in [-0.05, 0) is 18.2 Å². The average Bonchev–Trinajstić information content (AvgIpc) is 2.28. The Labute approximate surface area is 103 Å². The molecule has 6 nitrogen and oxygen atoms in total. The Morgan fingerprint density at radius 2 is 2.11 bits per heavy atom. The summed E-state index contributed by atoms with van der Waals surface area (Å²) in [5.41, 5.74) is -0.333. The lowest BCUT2D eigenvalue weighted by atomic mass is 10.2. The first kappa shape index (κ1) is 14.4. The molecule has 0 aromatic heterocycles. The molecule has 3 N–H and O–H groups in total. The van der Waals surface area contributed by atoms with Crippen LogP contribution in [-0.4, -0.2) is 32.8 Å². The van der Waals surface area contributed by atoms with Crippen molar-refractivity contribution >= 4 is 16.0 Å². The number of alkyl halides is 1. The van der Waals surface area contributed by atoms with Crippen LogP contribution in [0, 0.1) is 0 Å². The summed E-state index contributed by atoms with van der Waals surface area (Å²) >= 11 is 0. The largest absolute Gasteiger partial charge is 0.493 e. The number of carbonyl (C=O) groups is 1. The van der Waals surface area contributed by atoms with E-state index in [1.807, 2.05) is 0 Å². The minimum atomic E-state index is -3.98. The molecule has 0 heterocycles. The van der Waals surface area contributed by atoms with Crippen LogP contribution in [0.15, 0.2) is 23.1 Å². The molecule has 0 aliphatic rings. The van der Waals surface area contributed by atoms with E-state index in [9.17, 15) is 17.6 Å². The van der Waals surface area contributed by atoms with Gasteiger partial charge in [0, 0.05) is 6.42 Å². The molecule has 0 saturated heterocycles. The van der Waals surface area contributed by atoms with Gasteiger partial charge in [-0.2, -0.15) is 0 Å². The Bertz CT molecular complexity index is 543. The fourth-order valence-corrected chi connectivity index (χ4v) is 1.76. The van der Waals surface area contributed by atoms with Gasteiger partial charge in [0.25, 0.3) is 0 Å². The van der Waals surface area contributed by atoms with Gasteiger partial charge in [-0.25, -0.2) is 18.4 Å². The van der Waals surface area contributed by atoms with Crippen molar-refractivity contribution in [1.82, 2.24) is 0 Å². The molecule has 0 atom stereocenters. The van der Waals surface area contributed by atoms with Gasteiger partial charge in [0.05, 0.1) is 18.2 Å². The highest BCUT2D eigenvalue weighted by Gasteiger charge is 2.16. The zero-order chi connectivity index (χ0) is 13.8. The lowest BCUT2D eigenvalue weighted by Crippen LogP contribution is -2.14. The van der Waals surface area contributed by atoms with Gasteiger partial charge in [-0.15, -0.1) is 0 Å². The Balaban J connectivity index is 3.09. The maximum Gasteiger partial charge on any atom is 0.339 e. The molecule has 0 aliphatic heterocycles. The van der Waals surface area contributed by atoms with E-state index in [1.54, 1.807) is 0 Å². The van der Waals surface area contributed by atoms with Crippen molar-refractivity contribution in [3.05, 3.63) is 23.8 Å². The Kier molecular flexibility index (Phi) is 4.62. The van der Waals surface area contributed by atoms with Crippen LogP contribution in [-0.2, 0) is 10.0 Å². The monoisotopic (exact) mass is 277 g/mol. The molecule has 1 aromatic carbocycles. The van der Waals surface area contributed by atoms with Crippen molar-refractivity contribution in [3.63, 3.8) is 0 Å². The number of primary sulfonamides is 1. The van der Waals surface area contributed by atoms with E-state index in [0.29, 0.717) is 0 Å². The second-order valence-electron chi connectivity index (χ2n) is 3.40. The van der Waals surface area contributed by atoms with Crippen molar-refractivity contribution in [2.24, 2.45) is 5.14 Å². The van der Waals surface area contributed by atoms with Crippen molar-refractivity contribution in [3.8, 4) is 5.75 Å². The summed E-state index contributed by atoms with van der Waals surface area (Å²) in [5, 5.41) is 13.8. The van der Waals surface area contributed by atoms with Crippen molar-refractivity contribution < 1.29 is 27.4 Å². The van der Waals surface area contributed by atoms with Crippen molar-refractivity contribution in [2.75, 3.05) is 13.3 Å². The lowest BCUT2D eigenvalue weighted by Gasteiger charge is -2.09. The highest BCUT2D eigenvalue weighted by molar-refractivity contribution is 7.89. The topological polar surface area (TPSA) is 107 Å². The predicted octanol–water partition coefficient (Wildman–Crippen LogP) is 0.771. The first-order valence-corrected chi connectivity index (χ1v) is 6.50. The molecule has 0 bridgehead atoms. The second kappa shape index (κ2) is 5.78. The van der Waals surface area contributed by atoms with Crippen LogP contribution in [0.4, 0.5) is 4.39 Å². The van der Waals surface area contributed by atoms with E-state index in [0.717, 1.165) is 12.1 Å². The van der Waals surface area contributed by atoms with Gasteiger partial charge in [0.2, 0.25) is 10.0 Å². The zero-order valence-corrected chi connectivity index (χ0v) is 10.1. The number of nitrogens with two attached hydrogens (primary N) is 1. The molecular weight excluding hydrogens is 265 g/mol. The highest BCUT2D eigenvalue weighted by atomic mass is 32.2. The normalized spacial score (nSPS) is 11.2. The summed E-state index contributed by atoms with van der Waals surface area (Å²) in [4.78, 5) is 10.6. The summed E-state index contributed by atoms with van der Waals surface area (Å²) in [7, 11) is -3.98. The fraction of sp³-hybridized carbons (Fsp3) is 0.300. The standard InChI is InChI=1S/C10H12FNO5S/c11-4-1-5-17-9-3-2-7(18(12,15)16)6-8(9)10(13)14/h2-3,6H,1,4-5H2,(H,13,14)(H2,12,15,16). The minimum Gasteiger partial charge on any atom is -0.493 e. The molecule has 0 spiro atoms. The molecule has 0 fully saturated rings. The molecular formula is C10H12FNO5S. The Hall–Kier alpha value is -1.67. The number of aromatic carboxylic acids is 1. The SMILES string of the molecule is NS(=O)(=O)c1ccc(OCCCF)c(C(=O)O)c1. The van der Waals surface area contributed by atoms with Crippen LogP contribution in [0.3, 0.4) is 0 Å². The van der Waals surface area contributed by atoms with E-state index < -0.39 is 22.7 Å². The fourth-order valence-electron chi connectivity index (χ4n) is 1.22. The van der Waals surface area contributed by atoms with Crippen LogP contribution >= 0.6 is 0 Å². The first-order valence-electron chi connectivity index (χ1n) is 4.95. The van der Waals surface area contributed by atoms with E-state index in [2.05, 4.69) is 0 Å². The van der Waals surface area contributed by atoms with Gasteiger partial charge in [0.1, 0.15) is 11.3 Å². The number of rotatable bonds is 6. The lowest BCUT2D eigenvalue weighted by molar-refractivity contribution is 0.0692. The Morgan fingerprint density at radius 3 is 2.61 bits per heavy atom. The summed E-state index contributed by atoms with van der Waals surface area (Å²) in [6, 6.07) is 3.22. The molecule has 100 valence electrons. The molecule has 18 heavy (non-hydrogen) atoms. The van der Waals surface area contributed by atoms with Crippen LogP contribution < -0.4 is 9.88 Å². The third-order valence-corrected chi connectivity index (χ3v) is 2.96. The summed E-state index contributed by atoms with van der Waals surface area (Å²) in [5.74, 6) is -1.38. The quantitative estimate of drug-likeness (QED) is 0.747. The van der Waals surface area contributed by atoms with Crippen LogP contribution in [0.5, 0.6) is 5.75 Å². The van der Waals surface area contributed by atoms with Crippen molar-refractivity contribution in [1.29, 1.82) is 0 Å². The minimum absolute atomic E-state index is 0.00546. The number of carboxylic acid groups (broad SMARTS) is 1. The molecule has 0 saturated carbocycles. The number of sulfonamides is 1. The molecule has 0 amide bonds. The number of ether oxygens (including phenoxy) is 1. The smallest absolute Gasteiger partial charge is 0.339 e. The number of benzene rings is 1. The van der Waals surface area contributed by atoms with Crippen LogP contribution in [0.1, 0.15) is 16.8 Å². The van der Waals surface area contributed by atoms with E-state index >= 15 is 0 Å². The summed E-state index contributed by atoms with van der Waals surface area (Å²) in [6.07, 6.45) is 0.121. The number of carboxylic acids is 1. The second-order valence-corrected chi connectivity index (χ2v) is 4.96. The molecule has 0 aliphatic carbocycles. The van der Waals surface area contributed by atoms with Gasteiger partial charge in [-0.3, -0.25) is 4.39 Å². The van der Waals surface area contributed by atoms with E-state index in [1.165, 1.54) is 6.07 Å². The molecule has 0 unspecified atom stereocenters. The number of hydrogen-bond acceptors (Lipinski definition) is 4. The molecule has 1 aromatic rings. The average molecular weight is 277 g/mol.